The highest BCUT2D eigenvalue weighted by atomic mass is 16.6. The minimum absolute atomic E-state index is 0.0782. The van der Waals surface area contributed by atoms with Crippen LogP contribution in [0.25, 0.3) is 0 Å². The van der Waals surface area contributed by atoms with Gasteiger partial charge in [-0.3, -0.25) is 14.4 Å². The van der Waals surface area contributed by atoms with Crippen molar-refractivity contribution in [1.82, 2.24) is 0 Å². The van der Waals surface area contributed by atoms with Gasteiger partial charge in [0.1, 0.15) is 13.2 Å². The number of allylic oxidation sites excluding steroid dienone is 4. The molecule has 6 nitrogen and oxygen atoms in total. The van der Waals surface area contributed by atoms with Crippen molar-refractivity contribution in [2.45, 2.75) is 290 Å². The summed E-state index contributed by atoms with van der Waals surface area (Å²) >= 11 is 0. The second-order valence-electron chi connectivity index (χ2n) is 17.8. The third-order valence-corrected chi connectivity index (χ3v) is 11.7. The molecule has 0 rings (SSSR count). The number of unbranched alkanes of at least 4 members (excludes halogenated alkanes) is 33. The summed E-state index contributed by atoms with van der Waals surface area (Å²) in [4.78, 5) is 37.9. The molecule has 0 aliphatic rings. The van der Waals surface area contributed by atoms with Crippen molar-refractivity contribution in [1.29, 1.82) is 0 Å². The molecule has 0 amide bonds. The maximum atomic E-state index is 12.8. The lowest BCUT2D eigenvalue weighted by atomic mass is 10.0. The summed E-state index contributed by atoms with van der Waals surface area (Å²) in [7, 11) is 0. The molecule has 0 spiro atoms. The van der Waals surface area contributed by atoms with Crippen LogP contribution in [-0.4, -0.2) is 37.2 Å². The third-order valence-electron chi connectivity index (χ3n) is 11.7. The second kappa shape index (κ2) is 49.5. The van der Waals surface area contributed by atoms with E-state index in [0.29, 0.717) is 19.3 Å². The topological polar surface area (TPSA) is 78.9 Å². The molecular formula is C54H100O6. The van der Waals surface area contributed by atoms with Gasteiger partial charge in [0, 0.05) is 19.3 Å². The van der Waals surface area contributed by atoms with Gasteiger partial charge in [0.15, 0.2) is 6.10 Å². The summed E-state index contributed by atoms with van der Waals surface area (Å²) in [6, 6.07) is 0. The van der Waals surface area contributed by atoms with Crippen molar-refractivity contribution in [2.24, 2.45) is 0 Å². The Morgan fingerprint density at radius 1 is 0.317 bits per heavy atom. The standard InChI is InChI=1S/C54H100O6/c1-4-7-10-13-16-19-22-25-28-31-34-37-40-43-46-52(55)58-49-51(60-54(57)48-45-42-39-36-33-30-27-24-21-18-15-12-9-6-3)50-59-53(56)47-44-41-38-35-32-29-26-23-20-17-14-11-8-5-2/h28,30-31,33,51H,4-27,29,32,34-50H2,1-3H3/b31-28-,33-30-. The zero-order valence-corrected chi connectivity index (χ0v) is 40.2. The molecule has 6 heteroatoms. The van der Waals surface area contributed by atoms with Gasteiger partial charge < -0.3 is 14.2 Å². The molecule has 0 saturated carbocycles. The van der Waals surface area contributed by atoms with E-state index in [-0.39, 0.29) is 31.1 Å². The summed E-state index contributed by atoms with van der Waals surface area (Å²) in [6.07, 6.45) is 55.9. The highest BCUT2D eigenvalue weighted by molar-refractivity contribution is 5.71. The fourth-order valence-corrected chi connectivity index (χ4v) is 7.67. The SMILES string of the molecule is CCCCCCCCC/C=C\CCCCCC(=O)OCC(COC(=O)CCCCCCCCCCCCCCCC)OC(=O)CCCCC/C=C\CCCCCCCCC. The van der Waals surface area contributed by atoms with Gasteiger partial charge >= 0.3 is 17.9 Å². The summed E-state index contributed by atoms with van der Waals surface area (Å²) in [5, 5.41) is 0. The van der Waals surface area contributed by atoms with Crippen molar-refractivity contribution >= 4 is 17.9 Å². The van der Waals surface area contributed by atoms with Crippen molar-refractivity contribution in [3.63, 3.8) is 0 Å². The lowest BCUT2D eigenvalue weighted by Gasteiger charge is -2.18. The Labute approximate surface area is 373 Å². The first-order valence-electron chi connectivity index (χ1n) is 26.3. The van der Waals surface area contributed by atoms with Crippen LogP contribution in [0.1, 0.15) is 284 Å². The van der Waals surface area contributed by atoms with Crippen molar-refractivity contribution in [3.8, 4) is 0 Å². The molecule has 0 radical (unpaired) electrons. The lowest BCUT2D eigenvalue weighted by Crippen LogP contribution is -2.30. The minimum Gasteiger partial charge on any atom is -0.462 e. The number of esters is 3. The van der Waals surface area contributed by atoms with Gasteiger partial charge in [0.2, 0.25) is 0 Å². The summed E-state index contributed by atoms with van der Waals surface area (Å²) in [5.74, 6) is -0.898. The average Bonchev–Trinajstić information content (AvgIpc) is 3.24. The Morgan fingerprint density at radius 3 is 0.850 bits per heavy atom. The molecule has 352 valence electrons. The lowest BCUT2D eigenvalue weighted by molar-refractivity contribution is -0.167. The van der Waals surface area contributed by atoms with Gasteiger partial charge in [-0.2, -0.15) is 0 Å². The third kappa shape index (κ3) is 46.9. The normalized spacial score (nSPS) is 12.1. The van der Waals surface area contributed by atoms with E-state index in [1.165, 1.54) is 161 Å². The zero-order valence-electron chi connectivity index (χ0n) is 40.2. The van der Waals surface area contributed by atoms with Crippen molar-refractivity contribution < 1.29 is 28.6 Å². The first-order chi connectivity index (χ1) is 29.5. The van der Waals surface area contributed by atoms with E-state index in [4.69, 9.17) is 14.2 Å². The van der Waals surface area contributed by atoms with Gasteiger partial charge in [-0.25, -0.2) is 0 Å². The van der Waals surface area contributed by atoms with Gasteiger partial charge in [-0.1, -0.05) is 218 Å². The smallest absolute Gasteiger partial charge is 0.306 e. The van der Waals surface area contributed by atoms with E-state index in [1.807, 2.05) is 0 Å². The Bertz CT molecular complexity index is 973. The highest BCUT2D eigenvalue weighted by Gasteiger charge is 2.19. The summed E-state index contributed by atoms with van der Waals surface area (Å²) in [5.41, 5.74) is 0. The molecule has 0 aliphatic heterocycles. The molecular weight excluding hydrogens is 745 g/mol. The van der Waals surface area contributed by atoms with Crippen LogP contribution in [0.15, 0.2) is 24.3 Å². The molecule has 1 unspecified atom stereocenters. The highest BCUT2D eigenvalue weighted by Crippen LogP contribution is 2.15. The summed E-state index contributed by atoms with van der Waals surface area (Å²) < 4.78 is 16.8. The van der Waals surface area contributed by atoms with E-state index >= 15 is 0 Å². The quantitative estimate of drug-likeness (QED) is 0.0263. The van der Waals surface area contributed by atoms with Crippen LogP contribution in [0.3, 0.4) is 0 Å². The molecule has 0 N–H and O–H groups in total. The molecule has 0 aromatic heterocycles. The van der Waals surface area contributed by atoms with Gasteiger partial charge in [0.05, 0.1) is 0 Å². The second-order valence-corrected chi connectivity index (χ2v) is 17.8. The number of carbonyl (C=O) groups is 3. The van der Waals surface area contributed by atoms with E-state index in [0.717, 1.165) is 83.5 Å². The van der Waals surface area contributed by atoms with Gasteiger partial charge in [-0.15, -0.1) is 0 Å². The maximum Gasteiger partial charge on any atom is 0.306 e. The summed E-state index contributed by atoms with van der Waals surface area (Å²) in [6.45, 7) is 6.63. The fourth-order valence-electron chi connectivity index (χ4n) is 7.67. The van der Waals surface area contributed by atoms with E-state index in [1.54, 1.807) is 0 Å². The van der Waals surface area contributed by atoms with E-state index in [2.05, 4.69) is 45.1 Å². The zero-order chi connectivity index (χ0) is 43.7. The van der Waals surface area contributed by atoms with Crippen LogP contribution >= 0.6 is 0 Å². The largest absolute Gasteiger partial charge is 0.462 e. The van der Waals surface area contributed by atoms with Gasteiger partial charge in [0.25, 0.3) is 0 Å². The van der Waals surface area contributed by atoms with Crippen LogP contribution in [0.2, 0.25) is 0 Å². The number of hydrogen-bond acceptors (Lipinski definition) is 6. The van der Waals surface area contributed by atoms with Crippen LogP contribution in [0.5, 0.6) is 0 Å². The molecule has 0 bridgehead atoms. The first kappa shape index (κ1) is 57.9. The Balaban J connectivity index is 4.38. The number of hydrogen-bond donors (Lipinski definition) is 0. The van der Waals surface area contributed by atoms with E-state index < -0.39 is 6.10 Å². The number of ether oxygens (including phenoxy) is 3. The minimum atomic E-state index is -0.780. The van der Waals surface area contributed by atoms with Gasteiger partial charge in [-0.05, 0) is 70.6 Å². The Morgan fingerprint density at radius 2 is 0.550 bits per heavy atom. The van der Waals surface area contributed by atoms with Crippen molar-refractivity contribution in [2.75, 3.05) is 13.2 Å². The Hall–Kier alpha value is -2.11. The molecule has 0 aromatic rings. The first-order valence-corrected chi connectivity index (χ1v) is 26.3. The van der Waals surface area contributed by atoms with Crippen LogP contribution < -0.4 is 0 Å². The number of rotatable bonds is 48. The van der Waals surface area contributed by atoms with Crippen LogP contribution in [-0.2, 0) is 28.6 Å². The van der Waals surface area contributed by atoms with Crippen LogP contribution in [0, 0.1) is 0 Å². The molecule has 0 aromatic carbocycles. The van der Waals surface area contributed by atoms with E-state index in [9.17, 15) is 14.4 Å². The predicted octanol–water partition coefficient (Wildman–Crippen LogP) is 17.2. The molecule has 0 fully saturated rings. The molecule has 60 heavy (non-hydrogen) atoms. The molecule has 1 atom stereocenters. The maximum absolute atomic E-state index is 12.8. The monoisotopic (exact) mass is 845 g/mol. The molecule has 0 aliphatic carbocycles. The predicted molar refractivity (Wildman–Crippen MR) is 256 cm³/mol. The van der Waals surface area contributed by atoms with Crippen molar-refractivity contribution in [3.05, 3.63) is 24.3 Å². The molecule has 0 saturated heterocycles. The number of carbonyl (C=O) groups excluding carboxylic acids is 3. The fraction of sp³-hybridized carbons (Fsp3) is 0.870. The van der Waals surface area contributed by atoms with Crippen LogP contribution in [0.4, 0.5) is 0 Å². The average molecular weight is 845 g/mol. The Kier molecular flexibility index (Phi) is 47.8. The molecule has 0 heterocycles.